The van der Waals surface area contributed by atoms with Crippen LogP contribution in [0.5, 0.6) is 0 Å². The van der Waals surface area contributed by atoms with Crippen molar-refractivity contribution in [2.24, 2.45) is 0 Å². The molecule has 102 valence electrons. The second kappa shape index (κ2) is 3.92. The summed E-state index contributed by atoms with van der Waals surface area (Å²) in [5.74, 6) is 0.525. The van der Waals surface area contributed by atoms with Crippen molar-refractivity contribution in [2.45, 2.75) is 12.0 Å². The molecule has 0 radical (unpaired) electrons. The highest BCUT2D eigenvalue weighted by molar-refractivity contribution is 7.22. The molecule has 2 fully saturated rings. The van der Waals surface area contributed by atoms with Gasteiger partial charge < -0.3 is 15.5 Å². The monoisotopic (exact) mass is 289 g/mol. The molecule has 0 aliphatic carbocycles. The molecule has 0 bridgehead atoms. The van der Waals surface area contributed by atoms with Crippen LogP contribution < -0.4 is 15.5 Å². The molecule has 2 N–H and O–H groups in total. The van der Waals surface area contributed by atoms with E-state index in [4.69, 9.17) is 1.37 Å². The Labute approximate surface area is 120 Å². The average Bonchev–Trinajstić information content (AvgIpc) is 3.09. The number of hydrogen-bond donors (Lipinski definition) is 2. The quantitative estimate of drug-likeness (QED) is 0.814. The van der Waals surface area contributed by atoms with E-state index in [1.165, 1.54) is 11.3 Å². The van der Waals surface area contributed by atoms with Crippen LogP contribution in [0.3, 0.4) is 0 Å². The van der Waals surface area contributed by atoms with Gasteiger partial charge in [0.15, 0.2) is 10.8 Å². The van der Waals surface area contributed by atoms with Gasteiger partial charge in [-0.1, -0.05) is 17.9 Å². The van der Waals surface area contributed by atoms with Crippen LogP contribution in [-0.4, -0.2) is 34.5 Å². The maximum atomic E-state index is 12.1. The summed E-state index contributed by atoms with van der Waals surface area (Å²) in [6.45, 7) is 5.04. The van der Waals surface area contributed by atoms with Crippen LogP contribution in [0.15, 0.2) is 30.7 Å². The van der Waals surface area contributed by atoms with Crippen molar-refractivity contribution in [3.05, 3.63) is 30.7 Å². The van der Waals surface area contributed by atoms with E-state index in [9.17, 15) is 4.79 Å². The zero-order valence-electron chi connectivity index (χ0n) is 11.6. The molecule has 4 rings (SSSR count). The smallest absolute Gasteiger partial charge is 0.253 e. The van der Waals surface area contributed by atoms with Gasteiger partial charge in [0, 0.05) is 12.7 Å². The summed E-state index contributed by atoms with van der Waals surface area (Å²) in [6, 6.07) is 2.09. The highest BCUT2D eigenvalue weighted by atomic mass is 32.1. The lowest BCUT2D eigenvalue weighted by atomic mass is 10.00. The molecule has 0 saturated carbocycles. The number of amides is 1. The summed E-state index contributed by atoms with van der Waals surface area (Å²) in [5, 5.41) is 6.68. The fourth-order valence-corrected chi connectivity index (χ4v) is 3.65. The van der Waals surface area contributed by atoms with Crippen LogP contribution in [-0.2, 0) is 4.79 Å². The van der Waals surface area contributed by atoms with Crippen molar-refractivity contribution in [2.75, 3.05) is 18.0 Å². The van der Waals surface area contributed by atoms with Gasteiger partial charge in [0.1, 0.15) is 5.54 Å². The Morgan fingerprint density at radius 1 is 1.60 bits per heavy atom. The number of carbonyl (C=O) groups excluding carboxylic acids is 1. The number of carbonyl (C=O) groups is 1. The zero-order chi connectivity index (χ0) is 14.6. The van der Waals surface area contributed by atoms with Gasteiger partial charge in [0.05, 0.1) is 18.4 Å². The largest absolute Gasteiger partial charge is 0.356 e. The van der Waals surface area contributed by atoms with E-state index in [1.54, 1.807) is 12.3 Å². The molecule has 4 heterocycles. The third-order valence-corrected chi connectivity index (χ3v) is 4.75. The molecular weight excluding hydrogens is 274 g/mol. The zero-order valence-corrected chi connectivity index (χ0v) is 11.5. The van der Waals surface area contributed by atoms with Crippen LogP contribution in [0.4, 0.5) is 5.13 Å². The standard InChI is InChI=1S/C13H13N5OS/c1-8-15-11(19)13(17-8)4-6-18(7-13)12-16-10-9(20-12)3-2-5-14-10/h2-3,5,17H,1,4,6-7H2,(H,15,19)/i3T. The third-order valence-electron chi connectivity index (χ3n) is 3.71. The molecule has 6 nitrogen and oxygen atoms in total. The molecule has 2 saturated heterocycles. The topological polar surface area (TPSA) is 70.2 Å². The fourth-order valence-electron chi connectivity index (χ4n) is 2.73. The third kappa shape index (κ3) is 1.59. The molecule has 2 aliphatic heterocycles. The molecule has 1 atom stereocenters. The van der Waals surface area contributed by atoms with Crippen molar-refractivity contribution in [1.29, 1.82) is 0 Å². The lowest BCUT2D eigenvalue weighted by Gasteiger charge is -2.21. The van der Waals surface area contributed by atoms with Crippen LogP contribution in [0.1, 0.15) is 7.79 Å². The van der Waals surface area contributed by atoms with Crippen molar-refractivity contribution >= 4 is 32.7 Å². The number of nitrogens with one attached hydrogen (secondary N) is 2. The van der Waals surface area contributed by atoms with Crippen molar-refractivity contribution in [3.8, 4) is 0 Å². The molecule has 1 unspecified atom stereocenters. The van der Waals surface area contributed by atoms with Gasteiger partial charge in [-0.2, -0.15) is 4.98 Å². The second-order valence-corrected chi connectivity index (χ2v) is 6.03. The van der Waals surface area contributed by atoms with Gasteiger partial charge >= 0.3 is 0 Å². The number of fused-ring (bicyclic) bond motifs is 1. The number of aromatic nitrogens is 2. The van der Waals surface area contributed by atoms with Gasteiger partial charge in [-0.25, -0.2) is 4.98 Å². The SMILES string of the molecule is [3H]c1ccnc2nc(N3CCC4(C3)NC(=C)NC4=O)sc12. The molecule has 1 amide bonds. The second-order valence-electron chi connectivity index (χ2n) is 5.05. The van der Waals surface area contributed by atoms with E-state index in [0.29, 0.717) is 30.5 Å². The number of pyridine rings is 1. The van der Waals surface area contributed by atoms with Gasteiger partial charge in [-0.05, 0) is 18.5 Å². The number of hydrogen-bond acceptors (Lipinski definition) is 6. The normalized spacial score (nSPS) is 26.2. The fraction of sp³-hybridized carbons (Fsp3) is 0.308. The molecule has 2 aromatic heterocycles. The van der Waals surface area contributed by atoms with Crippen LogP contribution >= 0.6 is 11.3 Å². The van der Waals surface area contributed by atoms with Crippen molar-refractivity contribution in [1.82, 2.24) is 20.6 Å². The summed E-state index contributed by atoms with van der Waals surface area (Å²) >= 11 is 1.45. The van der Waals surface area contributed by atoms with E-state index in [-0.39, 0.29) is 5.91 Å². The Morgan fingerprint density at radius 3 is 3.25 bits per heavy atom. The van der Waals surface area contributed by atoms with E-state index in [2.05, 4.69) is 32.1 Å². The highest BCUT2D eigenvalue weighted by Crippen LogP contribution is 2.34. The first-order chi connectivity index (χ1) is 10.1. The summed E-state index contributed by atoms with van der Waals surface area (Å²) in [5.41, 5.74) is -0.0108. The minimum atomic E-state index is -0.605. The predicted octanol–water partition coefficient (Wildman–Crippen LogP) is 0.831. The summed E-state index contributed by atoms with van der Waals surface area (Å²) in [7, 11) is 0. The summed E-state index contributed by atoms with van der Waals surface area (Å²) < 4.78 is 8.67. The van der Waals surface area contributed by atoms with Gasteiger partial charge in [-0.3, -0.25) is 4.79 Å². The van der Waals surface area contributed by atoms with Crippen molar-refractivity contribution < 1.29 is 6.17 Å². The first-order valence-corrected chi connectivity index (χ1v) is 7.15. The minimum absolute atomic E-state index is 0.0320. The molecule has 2 aliphatic rings. The van der Waals surface area contributed by atoms with Gasteiger partial charge in [-0.15, -0.1) is 0 Å². The first kappa shape index (κ1) is 10.6. The Hall–Kier alpha value is -2.15. The van der Waals surface area contributed by atoms with Crippen LogP contribution in [0, 0.1) is 0 Å². The Kier molecular flexibility index (Phi) is 2.08. The average molecular weight is 289 g/mol. The number of nitrogens with zero attached hydrogens (tertiary/aromatic N) is 3. The number of thiazole rings is 1. The number of anilines is 1. The highest BCUT2D eigenvalue weighted by Gasteiger charge is 2.49. The Balaban J connectivity index is 1.67. The summed E-state index contributed by atoms with van der Waals surface area (Å²) in [6.07, 6.45) is 2.30. The van der Waals surface area contributed by atoms with E-state index >= 15 is 0 Å². The first-order valence-electron chi connectivity index (χ1n) is 6.83. The van der Waals surface area contributed by atoms with E-state index in [1.807, 2.05) is 0 Å². The molecule has 20 heavy (non-hydrogen) atoms. The lowest BCUT2D eigenvalue weighted by molar-refractivity contribution is -0.123. The minimum Gasteiger partial charge on any atom is -0.356 e. The molecule has 0 aromatic carbocycles. The lowest BCUT2D eigenvalue weighted by Crippen LogP contribution is -2.48. The van der Waals surface area contributed by atoms with E-state index in [0.717, 1.165) is 16.4 Å². The van der Waals surface area contributed by atoms with Crippen LogP contribution in [0.2, 0.25) is 0 Å². The van der Waals surface area contributed by atoms with Gasteiger partial charge in [0.25, 0.3) is 5.91 Å². The molecule has 7 heteroatoms. The molecule has 2 aromatic rings. The molecular formula is C13H13N5OS. The maximum Gasteiger partial charge on any atom is 0.253 e. The van der Waals surface area contributed by atoms with Gasteiger partial charge in [0.2, 0.25) is 0 Å². The van der Waals surface area contributed by atoms with E-state index < -0.39 is 5.54 Å². The predicted molar refractivity (Wildman–Crippen MR) is 77.4 cm³/mol. The Morgan fingerprint density at radius 2 is 2.50 bits per heavy atom. The maximum absolute atomic E-state index is 12.1. The summed E-state index contributed by atoms with van der Waals surface area (Å²) in [4.78, 5) is 22.8. The number of rotatable bonds is 1. The molecule has 1 spiro atoms. The Bertz CT molecular complexity index is 775. The van der Waals surface area contributed by atoms with Crippen molar-refractivity contribution in [3.63, 3.8) is 0 Å². The van der Waals surface area contributed by atoms with Crippen LogP contribution in [0.25, 0.3) is 10.3 Å².